The zero-order valence-corrected chi connectivity index (χ0v) is 16.3. The first kappa shape index (κ1) is 18.1. The quantitative estimate of drug-likeness (QED) is 0.512. The number of para-hydroxylation sites is 1. The number of hydrogen-bond acceptors (Lipinski definition) is 4. The number of phenolic OH excluding ortho intramolecular Hbond substituents is 1. The molecule has 30 heavy (non-hydrogen) atoms. The van der Waals surface area contributed by atoms with Crippen molar-refractivity contribution in [2.24, 2.45) is 0 Å². The van der Waals surface area contributed by atoms with E-state index >= 15 is 0 Å². The molecule has 1 aliphatic heterocycles. The maximum absolute atomic E-state index is 11.9. The molecule has 4 aromatic rings. The molecule has 0 atom stereocenters. The Hall–Kier alpha value is -3.93. The number of nitrogens with one attached hydrogen (secondary N) is 1. The van der Waals surface area contributed by atoms with E-state index in [0.717, 1.165) is 28.6 Å². The molecule has 2 aromatic carbocycles. The number of aromatic nitrogens is 3. The van der Waals surface area contributed by atoms with Gasteiger partial charge in [0.15, 0.2) is 5.65 Å². The summed E-state index contributed by atoms with van der Waals surface area (Å²) in [5.74, 6) is 0.153. The van der Waals surface area contributed by atoms with E-state index in [0.29, 0.717) is 30.0 Å². The molecule has 0 saturated heterocycles. The molecule has 3 heterocycles. The molecular formula is C24H20N4O2. The molecule has 5 rings (SSSR count). The van der Waals surface area contributed by atoms with Crippen LogP contribution in [0.5, 0.6) is 5.75 Å². The van der Waals surface area contributed by atoms with Gasteiger partial charge in [-0.25, -0.2) is 0 Å². The number of rotatable bonds is 3. The van der Waals surface area contributed by atoms with Crippen molar-refractivity contribution in [3.05, 3.63) is 78.4 Å². The second-order valence-corrected chi connectivity index (χ2v) is 7.43. The molecular weight excluding hydrogens is 376 g/mol. The first-order valence-corrected chi connectivity index (χ1v) is 9.81. The van der Waals surface area contributed by atoms with Crippen LogP contribution in [-0.4, -0.2) is 37.6 Å². The largest absolute Gasteiger partial charge is 0.507 e. The molecule has 0 bridgehead atoms. The van der Waals surface area contributed by atoms with E-state index in [-0.39, 0.29) is 11.7 Å². The van der Waals surface area contributed by atoms with E-state index in [1.807, 2.05) is 29.2 Å². The van der Waals surface area contributed by atoms with E-state index in [2.05, 4.69) is 40.0 Å². The van der Waals surface area contributed by atoms with Crippen molar-refractivity contribution in [1.29, 1.82) is 0 Å². The highest BCUT2D eigenvalue weighted by Crippen LogP contribution is 2.31. The Balaban J connectivity index is 1.48. The molecule has 1 amide bonds. The predicted molar refractivity (Wildman–Crippen MR) is 116 cm³/mol. The number of amides is 1. The smallest absolute Gasteiger partial charge is 0.246 e. The van der Waals surface area contributed by atoms with E-state index < -0.39 is 0 Å². The molecule has 6 heteroatoms. The van der Waals surface area contributed by atoms with E-state index in [1.54, 1.807) is 12.1 Å². The van der Waals surface area contributed by atoms with E-state index in [9.17, 15) is 9.90 Å². The summed E-state index contributed by atoms with van der Waals surface area (Å²) in [5, 5.41) is 19.6. The average Bonchev–Trinajstić information content (AvgIpc) is 3.21. The highest BCUT2D eigenvalue weighted by molar-refractivity contribution is 5.88. The van der Waals surface area contributed by atoms with Gasteiger partial charge >= 0.3 is 0 Å². The van der Waals surface area contributed by atoms with Crippen molar-refractivity contribution < 1.29 is 9.90 Å². The van der Waals surface area contributed by atoms with Crippen molar-refractivity contribution in [1.82, 2.24) is 20.1 Å². The molecule has 1 aliphatic rings. The Morgan fingerprint density at radius 1 is 1.10 bits per heavy atom. The van der Waals surface area contributed by atoms with Gasteiger partial charge in [0, 0.05) is 29.7 Å². The molecule has 148 valence electrons. The zero-order chi connectivity index (χ0) is 20.7. The van der Waals surface area contributed by atoms with Gasteiger partial charge < -0.3 is 15.0 Å². The number of fused-ring (bicyclic) bond motifs is 2. The SMILES string of the molecule is C=CC(=O)N1CCc2cc(-c3cc4cc(-c5ccccc5O)nnc4[nH]3)ccc2C1. The van der Waals surface area contributed by atoms with Gasteiger partial charge in [-0.05, 0) is 59.5 Å². The Labute approximate surface area is 173 Å². The fourth-order valence-electron chi connectivity index (χ4n) is 3.95. The van der Waals surface area contributed by atoms with Crippen LogP contribution in [0.3, 0.4) is 0 Å². The maximum atomic E-state index is 11.9. The predicted octanol–water partition coefficient (Wildman–Crippen LogP) is 4.07. The van der Waals surface area contributed by atoms with E-state index in [4.69, 9.17) is 0 Å². The first-order valence-electron chi connectivity index (χ1n) is 9.81. The molecule has 0 spiro atoms. The Kier molecular flexibility index (Phi) is 4.32. The topological polar surface area (TPSA) is 82.1 Å². The minimum absolute atomic E-state index is 0.0285. The van der Waals surface area contributed by atoms with E-state index in [1.165, 1.54) is 11.6 Å². The van der Waals surface area contributed by atoms with Gasteiger partial charge in [-0.1, -0.05) is 30.8 Å². The molecule has 2 aromatic heterocycles. The Bertz CT molecular complexity index is 1290. The summed E-state index contributed by atoms with van der Waals surface area (Å²) in [7, 11) is 0. The third-order valence-corrected chi connectivity index (χ3v) is 5.57. The van der Waals surface area contributed by atoms with Crippen LogP contribution >= 0.6 is 0 Å². The van der Waals surface area contributed by atoms with Gasteiger partial charge in [-0.15, -0.1) is 10.2 Å². The lowest BCUT2D eigenvalue weighted by Crippen LogP contribution is -2.34. The summed E-state index contributed by atoms with van der Waals surface area (Å²) in [6.07, 6.45) is 2.19. The summed E-state index contributed by atoms with van der Waals surface area (Å²) in [5.41, 5.74) is 6.42. The van der Waals surface area contributed by atoms with Gasteiger partial charge in [0.05, 0.1) is 5.69 Å². The average molecular weight is 396 g/mol. The van der Waals surface area contributed by atoms with Gasteiger partial charge in [-0.3, -0.25) is 4.79 Å². The number of phenols is 1. The van der Waals surface area contributed by atoms with Crippen LogP contribution in [0.1, 0.15) is 11.1 Å². The van der Waals surface area contributed by atoms with Crippen LogP contribution in [0.15, 0.2) is 67.3 Å². The zero-order valence-electron chi connectivity index (χ0n) is 16.3. The summed E-state index contributed by atoms with van der Waals surface area (Å²) in [4.78, 5) is 17.0. The summed E-state index contributed by atoms with van der Waals surface area (Å²) < 4.78 is 0. The monoisotopic (exact) mass is 396 g/mol. The van der Waals surface area contributed by atoms with Crippen LogP contribution in [0.25, 0.3) is 33.5 Å². The van der Waals surface area contributed by atoms with Crippen molar-refractivity contribution >= 4 is 16.9 Å². The second-order valence-electron chi connectivity index (χ2n) is 7.43. The molecule has 0 unspecified atom stereocenters. The highest BCUT2D eigenvalue weighted by atomic mass is 16.3. The summed E-state index contributed by atoms with van der Waals surface area (Å²) >= 11 is 0. The lowest BCUT2D eigenvalue weighted by Gasteiger charge is -2.28. The highest BCUT2D eigenvalue weighted by Gasteiger charge is 2.19. The van der Waals surface area contributed by atoms with Gasteiger partial charge in [0.25, 0.3) is 0 Å². The molecule has 0 aliphatic carbocycles. The number of hydrogen-bond donors (Lipinski definition) is 2. The number of H-pyrrole nitrogens is 1. The number of nitrogens with zero attached hydrogens (tertiary/aromatic N) is 3. The minimum Gasteiger partial charge on any atom is -0.507 e. The van der Waals surface area contributed by atoms with Crippen LogP contribution in [0.4, 0.5) is 0 Å². The number of aromatic amines is 1. The summed E-state index contributed by atoms with van der Waals surface area (Å²) in [6, 6.07) is 17.4. The lowest BCUT2D eigenvalue weighted by atomic mass is 9.96. The van der Waals surface area contributed by atoms with Crippen LogP contribution in [-0.2, 0) is 17.8 Å². The Morgan fingerprint density at radius 3 is 2.80 bits per heavy atom. The summed E-state index contributed by atoms with van der Waals surface area (Å²) in [6.45, 7) is 4.89. The third-order valence-electron chi connectivity index (χ3n) is 5.57. The van der Waals surface area contributed by atoms with Crippen molar-refractivity contribution in [2.75, 3.05) is 6.54 Å². The van der Waals surface area contributed by atoms with Gasteiger partial charge in [-0.2, -0.15) is 0 Å². The van der Waals surface area contributed by atoms with Crippen molar-refractivity contribution in [2.45, 2.75) is 13.0 Å². The fraction of sp³-hybridized carbons (Fsp3) is 0.125. The maximum Gasteiger partial charge on any atom is 0.246 e. The second kappa shape index (κ2) is 7.15. The number of carbonyl (C=O) groups is 1. The molecule has 2 N–H and O–H groups in total. The number of benzene rings is 2. The van der Waals surface area contributed by atoms with Crippen LogP contribution in [0, 0.1) is 0 Å². The van der Waals surface area contributed by atoms with Crippen molar-refractivity contribution in [3.63, 3.8) is 0 Å². The minimum atomic E-state index is -0.0285. The first-order chi connectivity index (χ1) is 14.6. The van der Waals surface area contributed by atoms with Gasteiger partial charge in [0.2, 0.25) is 5.91 Å². The van der Waals surface area contributed by atoms with Crippen LogP contribution < -0.4 is 0 Å². The standard InChI is InChI=1S/C24H20N4O2/c1-2-23(30)28-10-9-15-11-16(7-8-17(15)14-28)20-12-18-13-21(26-27-24(18)25-20)19-5-3-4-6-22(19)29/h2-8,11-13,29H,1,9-10,14H2,(H,25,27). The molecule has 6 nitrogen and oxygen atoms in total. The number of carbonyl (C=O) groups excluding carboxylic acids is 1. The van der Waals surface area contributed by atoms with Crippen molar-refractivity contribution in [3.8, 4) is 28.3 Å². The van der Waals surface area contributed by atoms with Crippen LogP contribution in [0.2, 0.25) is 0 Å². The molecule has 0 saturated carbocycles. The fourth-order valence-corrected chi connectivity index (χ4v) is 3.95. The lowest BCUT2D eigenvalue weighted by molar-refractivity contribution is -0.126. The molecule has 0 fully saturated rings. The number of aromatic hydroxyl groups is 1. The van der Waals surface area contributed by atoms with Gasteiger partial charge in [0.1, 0.15) is 5.75 Å². The molecule has 0 radical (unpaired) electrons. The normalized spacial score (nSPS) is 13.3. The third kappa shape index (κ3) is 3.12. The Morgan fingerprint density at radius 2 is 1.97 bits per heavy atom.